The van der Waals surface area contributed by atoms with Gasteiger partial charge < -0.3 is 9.84 Å². The fraction of sp³-hybridized carbons (Fsp3) is 0.300. The van der Waals surface area contributed by atoms with E-state index in [9.17, 15) is 27.1 Å². The molecule has 1 fully saturated rings. The summed E-state index contributed by atoms with van der Waals surface area (Å²) in [5, 5.41) is 21.9. The van der Waals surface area contributed by atoms with Crippen LogP contribution in [-0.2, 0) is 0 Å². The molecular weight excluding hydrogens is 603 g/mol. The van der Waals surface area contributed by atoms with E-state index in [-0.39, 0.29) is 5.92 Å². The number of aliphatic imine (C=N–C) groups is 1. The number of ether oxygens (including phenoxy) is 1. The van der Waals surface area contributed by atoms with Crippen LogP contribution in [0.15, 0.2) is 88.0 Å². The molecule has 0 aromatic heterocycles. The Morgan fingerprint density at radius 3 is 2.39 bits per heavy atom. The Kier molecular flexibility index (Phi) is 8.69. The Hall–Kier alpha value is -4.01. The molecule has 1 saturated heterocycles. The fourth-order valence-corrected chi connectivity index (χ4v) is 5.64. The molecule has 8 nitrogen and oxygen atoms in total. The first kappa shape index (κ1) is 31.4. The molecule has 3 aromatic carbocycles. The van der Waals surface area contributed by atoms with Gasteiger partial charge in [-0.15, -0.1) is 5.10 Å². The highest BCUT2D eigenvalue weighted by molar-refractivity contribution is 8.14. The molecule has 0 amide bonds. The number of hydrogen-bond acceptors (Lipinski definition) is 8. The number of hydrazine groups is 1. The summed E-state index contributed by atoms with van der Waals surface area (Å²) in [6.45, 7) is 5.96. The number of benzene rings is 3. The summed E-state index contributed by atoms with van der Waals surface area (Å²) >= 11 is 1.43. The van der Waals surface area contributed by atoms with Crippen LogP contribution in [0.25, 0.3) is 0 Å². The zero-order valence-electron chi connectivity index (χ0n) is 23.8. The minimum absolute atomic E-state index is 0.254. The number of anilines is 2. The van der Waals surface area contributed by atoms with Gasteiger partial charge in [0, 0.05) is 11.4 Å². The van der Waals surface area contributed by atoms with E-state index in [0.717, 1.165) is 34.5 Å². The second kappa shape index (κ2) is 12.2. The van der Waals surface area contributed by atoms with Gasteiger partial charge in [0.05, 0.1) is 11.9 Å². The van der Waals surface area contributed by atoms with Crippen LogP contribution in [0, 0.1) is 0 Å². The van der Waals surface area contributed by atoms with Crippen molar-refractivity contribution in [3.63, 3.8) is 0 Å². The number of aliphatic hydroxyl groups is 1. The zero-order chi connectivity index (χ0) is 31.7. The molecule has 2 N–H and O–H groups in total. The lowest BCUT2D eigenvalue weighted by molar-refractivity contribution is -0.360. The minimum atomic E-state index is -5.82. The lowest BCUT2D eigenvalue weighted by Gasteiger charge is -2.32. The number of nitrogens with one attached hydrogen (secondary N) is 1. The average Bonchev–Trinajstić information content (AvgIpc) is 3.57. The molecule has 2 unspecified atom stereocenters. The number of thioether (sulfide) groups is 1. The Bertz CT molecular complexity index is 1560. The number of rotatable bonds is 8. The fourth-order valence-electron chi connectivity index (χ4n) is 4.58. The smallest absolute Gasteiger partial charge is 0.426 e. The predicted molar refractivity (Wildman–Crippen MR) is 162 cm³/mol. The van der Waals surface area contributed by atoms with Gasteiger partial charge in [0.25, 0.3) is 0 Å². The summed E-state index contributed by atoms with van der Waals surface area (Å²) in [6.07, 6.45) is -8.49. The van der Waals surface area contributed by atoms with Crippen LogP contribution in [0.1, 0.15) is 49.5 Å². The second-order valence-corrected chi connectivity index (χ2v) is 11.6. The molecule has 14 heteroatoms. The van der Waals surface area contributed by atoms with Gasteiger partial charge in [0.2, 0.25) is 0 Å². The maximum absolute atomic E-state index is 13.2. The van der Waals surface area contributed by atoms with Crippen LogP contribution in [0.2, 0.25) is 0 Å². The van der Waals surface area contributed by atoms with Gasteiger partial charge in [-0.1, -0.05) is 68.1 Å². The number of hydrogen-bond donors (Lipinski definition) is 2. The third-order valence-electron chi connectivity index (χ3n) is 6.83. The van der Waals surface area contributed by atoms with Crippen LogP contribution < -0.4 is 20.1 Å². The molecular formula is C30H29F5N6O2S. The monoisotopic (exact) mass is 632 g/mol. The average molecular weight is 633 g/mol. The topological polar surface area (TPSA) is 85.1 Å². The Morgan fingerprint density at radius 1 is 1.05 bits per heavy atom. The van der Waals surface area contributed by atoms with Crippen molar-refractivity contribution < 1.29 is 31.8 Å². The van der Waals surface area contributed by atoms with Gasteiger partial charge in [-0.2, -0.15) is 32.5 Å². The number of alkyl halides is 5. The zero-order valence-corrected chi connectivity index (χ0v) is 24.7. The SMILES string of the molecule is CC(C)c1ccccc1N1/C(=N/N=C/c2ccc(C3N=CN(c4ccc(OC(F)(F)C(F)(F)F)cc4)N3)cc2)SCC1(C)O. The largest absolute Gasteiger partial charge is 0.499 e. The molecule has 0 saturated carbocycles. The predicted octanol–water partition coefficient (Wildman–Crippen LogP) is 7.05. The van der Waals surface area contributed by atoms with E-state index in [0.29, 0.717) is 16.6 Å². The van der Waals surface area contributed by atoms with Crippen molar-refractivity contribution in [3.05, 3.63) is 89.5 Å². The summed E-state index contributed by atoms with van der Waals surface area (Å²) < 4.78 is 67.3. The number of para-hydroxylation sites is 1. The van der Waals surface area contributed by atoms with E-state index in [2.05, 4.69) is 39.2 Å². The molecule has 5 rings (SSSR count). The molecule has 3 aromatic rings. The van der Waals surface area contributed by atoms with E-state index >= 15 is 0 Å². The van der Waals surface area contributed by atoms with Crippen LogP contribution in [0.4, 0.5) is 33.3 Å². The first-order valence-corrected chi connectivity index (χ1v) is 14.5. The van der Waals surface area contributed by atoms with Crippen molar-refractivity contribution in [2.45, 2.75) is 50.9 Å². The lowest BCUT2D eigenvalue weighted by Crippen LogP contribution is -2.45. The molecule has 2 heterocycles. The summed E-state index contributed by atoms with van der Waals surface area (Å²) in [4.78, 5) is 6.22. The highest BCUT2D eigenvalue weighted by Gasteiger charge is 2.61. The van der Waals surface area contributed by atoms with Crippen molar-refractivity contribution in [2.75, 3.05) is 15.7 Å². The maximum atomic E-state index is 13.2. The molecule has 2 atom stereocenters. The highest BCUT2D eigenvalue weighted by atomic mass is 32.2. The van der Waals surface area contributed by atoms with Crippen LogP contribution in [-0.4, -0.2) is 46.6 Å². The molecule has 44 heavy (non-hydrogen) atoms. The Balaban J connectivity index is 1.22. The van der Waals surface area contributed by atoms with E-state index in [1.165, 1.54) is 35.2 Å². The van der Waals surface area contributed by atoms with Crippen molar-refractivity contribution in [2.24, 2.45) is 15.2 Å². The summed E-state index contributed by atoms with van der Waals surface area (Å²) in [7, 11) is 0. The van der Waals surface area contributed by atoms with Crippen LogP contribution in [0.5, 0.6) is 5.75 Å². The normalized spacial score (nSPS) is 21.8. The van der Waals surface area contributed by atoms with Crippen LogP contribution >= 0.6 is 11.8 Å². The first-order valence-electron chi connectivity index (χ1n) is 13.5. The Labute approximate surface area is 254 Å². The third kappa shape index (κ3) is 6.71. The molecule has 0 bridgehead atoms. The van der Waals surface area contributed by atoms with Gasteiger partial charge in [-0.3, -0.25) is 9.91 Å². The van der Waals surface area contributed by atoms with Crippen molar-refractivity contribution in [3.8, 4) is 5.75 Å². The van der Waals surface area contributed by atoms with E-state index < -0.39 is 29.9 Å². The Morgan fingerprint density at radius 2 is 1.73 bits per heavy atom. The second-order valence-electron chi connectivity index (χ2n) is 10.6. The van der Waals surface area contributed by atoms with E-state index in [1.54, 1.807) is 13.1 Å². The van der Waals surface area contributed by atoms with Crippen molar-refractivity contribution in [1.29, 1.82) is 0 Å². The molecule has 2 aliphatic heterocycles. The van der Waals surface area contributed by atoms with E-state index in [1.807, 2.05) is 53.4 Å². The van der Waals surface area contributed by atoms with Crippen LogP contribution in [0.3, 0.4) is 0 Å². The number of halogens is 5. The molecule has 0 radical (unpaired) electrons. The first-order chi connectivity index (χ1) is 20.7. The molecule has 0 spiro atoms. The lowest BCUT2D eigenvalue weighted by atomic mass is 9.99. The van der Waals surface area contributed by atoms with Gasteiger partial charge in [-0.25, -0.2) is 4.99 Å². The summed E-state index contributed by atoms with van der Waals surface area (Å²) in [6, 6.07) is 20.0. The molecule has 0 aliphatic carbocycles. The van der Waals surface area contributed by atoms with Crippen molar-refractivity contribution >= 4 is 40.9 Å². The standard InChI is InChI=1S/C30H29F5N6O2S/c1-19(2)24-6-4-5-7-25(24)41-27(44-17-28(41,3)42)38-37-16-20-8-10-21(11-9-20)26-36-18-40(39-26)22-12-14-23(15-13-22)43-30(34,35)29(31,32)33/h4-16,18-19,26,39,42H,17H2,1-3H3/b37-16+,38-27-. The third-order valence-corrected chi connectivity index (χ3v) is 8.05. The maximum Gasteiger partial charge on any atom is 0.499 e. The number of amidine groups is 1. The van der Waals surface area contributed by atoms with Crippen molar-refractivity contribution in [1.82, 2.24) is 5.43 Å². The number of nitrogens with zero attached hydrogens (tertiary/aromatic N) is 5. The van der Waals surface area contributed by atoms with E-state index in [4.69, 9.17) is 0 Å². The molecule has 232 valence electrons. The quantitative estimate of drug-likeness (QED) is 0.157. The summed E-state index contributed by atoms with van der Waals surface area (Å²) in [5.41, 5.74) is 6.03. The summed E-state index contributed by atoms with van der Waals surface area (Å²) in [5.74, 6) is 0.0702. The molecule has 2 aliphatic rings. The minimum Gasteiger partial charge on any atom is -0.426 e. The van der Waals surface area contributed by atoms with Gasteiger partial charge >= 0.3 is 12.3 Å². The van der Waals surface area contributed by atoms with Gasteiger partial charge in [0.1, 0.15) is 18.3 Å². The highest BCUT2D eigenvalue weighted by Crippen LogP contribution is 2.40. The van der Waals surface area contributed by atoms with Gasteiger partial charge in [-0.05, 0) is 59.9 Å². The van der Waals surface area contributed by atoms with Gasteiger partial charge in [0.15, 0.2) is 10.9 Å².